The highest BCUT2D eigenvalue weighted by Crippen LogP contribution is 2.15. The molecule has 0 radical (unpaired) electrons. The highest BCUT2D eigenvalue weighted by Gasteiger charge is 2.18. The van der Waals surface area contributed by atoms with Gasteiger partial charge < -0.3 is 20.7 Å². The van der Waals surface area contributed by atoms with Crippen molar-refractivity contribution >= 4 is 23.5 Å². The van der Waals surface area contributed by atoms with E-state index in [0.717, 1.165) is 5.69 Å². The van der Waals surface area contributed by atoms with Crippen molar-refractivity contribution in [3.63, 3.8) is 0 Å². The molecule has 0 bridgehead atoms. The average Bonchev–Trinajstić information content (AvgIpc) is 2.93. The Labute approximate surface area is 121 Å². The van der Waals surface area contributed by atoms with Gasteiger partial charge in [-0.25, -0.2) is 5.10 Å². The van der Waals surface area contributed by atoms with Crippen molar-refractivity contribution in [3.05, 3.63) is 29.8 Å². The van der Waals surface area contributed by atoms with E-state index in [1.165, 1.54) is 0 Å². The van der Waals surface area contributed by atoms with Crippen LogP contribution in [0.1, 0.15) is 10.4 Å². The Morgan fingerprint density at radius 3 is 2.62 bits per heavy atom. The number of carbonyl (C=O) groups is 1. The number of nitrogens with two attached hydrogens (primary N) is 1. The second-order valence-corrected chi connectivity index (χ2v) is 4.65. The van der Waals surface area contributed by atoms with Crippen LogP contribution in [0.15, 0.2) is 24.3 Å². The number of aromatic nitrogens is 3. The molecule has 8 nitrogen and oxygen atoms in total. The van der Waals surface area contributed by atoms with Crippen LogP contribution in [0, 0.1) is 0 Å². The fourth-order valence-corrected chi connectivity index (χ4v) is 2.10. The van der Waals surface area contributed by atoms with Gasteiger partial charge in [0.2, 0.25) is 11.9 Å². The molecule has 21 heavy (non-hydrogen) atoms. The fourth-order valence-electron chi connectivity index (χ4n) is 2.10. The number of nitrogens with zero attached hydrogens (tertiary/aromatic N) is 3. The number of morpholine rings is 1. The van der Waals surface area contributed by atoms with Crippen molar-refractivity contribution in [1.82, 2.24) is 20.1 Å². The molecular weight excluding hydrogens is 272 g/mol. The summed E-state index contributed by atoms with van der Waals surface area (Å²) in [5.41, 5.74) is 6.88. The molecule has 110 valence electrons. The number of nitrogens with one attached hydrogen (secondary N) is 2. The molecule has 0 atom stereocenters. The Hall–Kier alpha value is -2.61. The number of rotatable bonds is 3. The Kier molecular flexibility index (Phi) is 3.69. The van der Waals surface area contributed by atoms with E-state index in [0.29, 0.717) is 37.8 Å². The van der Waals surface area contributed by atoms with Gasteiger partial charge in [0.1, 0.15) is 0 Å². The van der Waals surface area contributed by atoms with Crippen LogP contribution in [-0.2, 0) is 4.74 Å². The first kappa shape index (κ1) is 13.4. The van der Waals surface area contributed by atoms with Gasteiger partial charge in [0, 0.05) is 24.3 Å². The van der Waals surface area contributed by atoms with E-state index in [-0.39, 0.29) is 11.9 Å². The molecule has 2 aromatic rings. The van der Waals surface area contributed by atoms with Gasteiger partial charge in [-0.15, -0.1) is 5.10 Å². The summed E-state index contributed by atoms with van der Waals surface area (Å²) in [4.78, 5) is 18.0. The summed E-state index contributed by atoms with van der Waals surface area (Å²) in [6.45, 7) is 2.46. The molecule has 1 saturated heterocycles. The van der Waals surface area contributed by atoms with Gasteiger partial charge in [0.15, 0.2) is 0 Å². The van der Waals surface area contributed by atoms with Crippen molar-refractivity contribution in [2.24, 2.45) is 0 Å². The quantitative estimate of drug-likeness (QED) is 0.763. The minimum absolute atomic E-state index is 0.0204. The molecule has 4 N–H and O–H groups in total. The van der Waals surface area contributed by atoms with E-state index < -0.39 is 0 Å². The Morgan fingerprint density at radius 1 is 1.29 bits per heavy atom. The standard InChI is InChI=1S/C13H16N6O2/c14-12-16-13(18-17-12)15-10-3-1-9(2-4-10)11(20)19-5-7-21-8-6-19/h1-4H,5-8H2,(H4,14,15,16,17,18). The molecule has 1 amide bonds. The number of benzene rings is 1. The molecule has 0 unspecified atom stereocenters. The van der Waals surface area contributed by atoms with Crippen LogP contribution in [0.3, 0.4) is 0 Å². The molecule has 0 aliphatic carbocycles. The number of aromatic amines is 1. The first-order valence-electron chi connectivity index (χ1n) is 6.64. The van der Waals surface area contributed by atoms with Crippen LogP contribution in [-0.4, -0.2) is 52.3 Å². The van der Waals surface area contributed by atoms with Crippen LogP contribution in [0.25, 0.3) is 0 Å². The summed E-state index contributed by atoms with van der Waals surface area (Å²) in [5, 5.41) is 9.42. The maximum absolute atomic E-state index is 12.3. The van der Waals surface area contributed by atoms with E-state index in [2.05, 4.69) is 20.5 Å². The number of anilines is 3. The molecule has 3 rings (SSSR count). The van der Waals surface area contributed by atoms with Crippen LogP contribution in [0.4, 0.5) is 17.6 Å². The first-order valence-corrected chi connectivity index (χ1v) is 6.64. The summed E-state index contributed by atoms with van der Waals surface area (Å²) in [6.07, 6.45) is 0. The van der Waals surface area contributed by atoms with Gasteiger partial charge in [-0.05, 0) is 24.3 Å². The lowest BCUT2D eigenvalue weighted by Crippen LogP contribution is -2.40. The van der Waals surface area contributed by atoms with Crippen LogP contribution < -0.4 is 11.1 Å². The fraction of sp³-hybridized carbons (Fsp3) is 0.308. The zero-order valence-corrected chi connectivity index (χ0v) is 11.4. The second-order valence-electron chi connectivity index (χ2n) is 4.65. The monoisotopic (exact) mass is 288 g/mol. The Balaban J connectivity index is 1.67. The average molecular weight is 288 g/mol. The normalized spacial score (nSPS) is 15.0. The lowest BCUT2D eigenvalue weighted by Gasteiger charge is -2.26. The number of hydrogen-bond donors (Lipinski definition) is 3. The largest absolute Gasteiger partial charge is 0.378 e. The van der Waals surface area contributed by atoms with Crippen molar-refractivity contribution in [2.45, 2.75) is 0 Å². The van der Waals surface area contributed by atoms with E-state index in [1.807, 2.05) is 0 Å². The minimum Gasteiger partial charge on any atom is -0.378 e. The Bertz CT molecular complexity index is 618. The molecule has 1 aromatic carbocycles. The van der Waals surface area contributed by atoms with Crippen molar-refractivity contribution in [3.8, 4) is 0 Å². The van der Waals surface area contributed by atoms with Crippen LogP contribution in [0.2, 0.25) is 0 Å². The maximum atomic E-state index is 12.3. The topological polar surface area (TPSA) is 109 Å². The van der Waals surface area contributed by atoms with E-state index in [4.69, 9.17) is 10.5 Å². The molecule has 1 fully saturated rings. The molecule has 8 heteroatoms. The molecule has 0 saturated carbocycles. The van der Waals surface area contributed by atoms with Gasteiger partial charge in [0.05, 0.1) is 13.2 Å². The van der Waals surface area contributed by atoms with Gasteiger partial charge >= 0.3 is 0 Å². The van der Waals surface area contributed by atoms with E-state index in [1.54, 1.807) is 29.2 Å². The van der Waals surface area contributed by atoms with Gasteiger partial charge in [-0.2, -0.15) is 4.98 Å². The SMILES string of the molecule is Nc1nc(Nc2ccc(C(=O)N3CCOCC3)cc2)n[nH]1. The highest BCUT2D eigenvalue weighted by molar-refractivity contribution is 5.94. The lowest BCUT2D eigenvalue weighted by molar-refractivity contribution is 0.0303. The summed E-state index contributed by atoms with van der Waals surface area (Å²) in [7, 11) is 0. The van der Waals surface area contributed by atoms with Crippen LogP contribution >= 0.6 is 0 Å². The number of amides is 1. The third-order valence-electron chi connectivity index (χ3n) is 3.19. The summed E-state index contributed by atoms with van der Waals surface area (Å²) >= 11 is 0. The van der Waals surface area contributed by atoms with Crippen molar-refractivity contribution in [1.29, 1.82) is 0 Å². The van der Waals surface area contributed by atoms with Gasteiger partial charge in [-0.1, -0.05) is 0 Å². The second kappa shape index (κ2) is 5.80. The number of ether oxygens (including phenoxy) is 1. The van der Waals surface area contributed by atoms with E-state index >= 15 is 0 Å². The van der Waals surface area contributed by atoms with Crippen molar-refractivity contribution < 1.29 is 9.53 Å². The Morgan fingerprint density at radius 2 is 2.00 bits per heavy atom. The molecule has 0 spiro atoms. The maximum Gasteiger partial charge on any atom is 0.254 e. The lowest BCUT2D eigenvalue weighted by atomic mass is 10.1. The molecule has 1 aromatic heterocycles. The summed E-state index contributed by atoms with van der Waals surface area (Å²) in [6, 6.07) is 7.16. The first-order chi connectivity index (χ1) is 10.2. The number of carbonyl (C=O) groups excluding carboxylic acids is 1. The number of H-pyrrole nitrogens is 1. The minimum atomic E-state index is 0.0204. The molecule has 1 aliphatic heterocycles. The summed E-state index contributed by atoms with van der Waals surface area (Å²) in [5.74, 6) is 0.656. The molecular formula is C13H16N6O2. The van der Waals surface area contributed by atoms with Crippen LogP contribution in [0.5, 0.6) is 0 Å². The number of nitrogen functional groups attached to an aromatic ring is 1. The predicted octanol–water partition coefficient (Wildman–Crippen LogP) is 0.603. The van der Waals surface area contributed by atoms with E-state index in [9.17, 15) is 4.79 Å². The van der Waals surface area contributed by atoms with Gasteiger partial charge in [0.25, 0.3) is 5.91 Å². The smallest absolute Gasteiger partial charge is 0.254 e. The zero-order valence-electron chi connectivity index (χ0n) is 11.4. The third-order valence-corrected chi connectivity index (χ3v) is 3.19. The van der Waals surface area contributed by atoms with Crippen molar-refractivity contribution in [2.75, 3.05) is 37.4 Å². The predicted molar refractivity (Wildman–Crippen MR) is 77.2 cm³/mol. The molecule has 2 heterocycles. The van der Waals surface area contributed by atoms with Gasteiger partial charge in [-0.3, -0.25) is 4.79 Å². The highest BCUT2D eigenvalue weighted by atomic mass is 16.5. The number of hydrogen-bond acceptors (Lipinski definition) is 6. The third kappa shape index (κ3) is 3.11. The molecule has 1 aliphatic rings. The zero-order chi connectivity index (χ0) is 14.7. The summed E-state index contributed by atoms with van der Waals surface area (Å²) < 4.78 is 5.24.